The number of rotatable bonds is 5. The normalized spacial score (nSPS) is 27.5. The van der Waals surface area contributed by atoms with Gasteiger partial charge in [0.25, 0.3) is 0 Å². The van der Waals surface area contributed by atoms with Crippen molar-refractivity contribution < 1.29 is 9.53 Å². The molecule has 3 rings (SSSR count). The Hall–Kier alpha value is -1.40. The van der Waals surface area contributed by atoms with Crippen LogP contribution in [0.5, 0.6) is 0 Å². The highest BCUT2D eigenvalue weighted by Gasteiger charge is 2.42. The molecule has 0 aromatic carbocycles. The van der Waals surface area contributed by atoms with E-state index in [1.807, 2.05) is 16.9 Å². The predicted octanol–water partition coefficient (Wildman–Crippen LogP) is 1.28. The van der Waals surface area contributed by atoms with Crippen LogP contribution in [0.15, 0.2) is 18.5 Å². The van der Waals surface area contributed by atoms with Crippen LogP contribution in [0.3, 0.4) is 0 Å². The fraction of sp³-hybridized carbons (Fsp3) is 0.765. The van der Waals surface area contributed by atoms with Gasteiger partial charge in [-0.3, -0.25) is 9.48 Å². The van der Waals surface area contributed by atoms with E-state index in [9.17, 15) is 4.79 Å². The molecule has 0 atom stereocenters. The molecule has 2 fully saturated rings. The van der Waals surface area contributed by atoms with Crippen molar-refractivity contribution in [3.8, 4) is 0 Å². The molecule has 0 spiro atoms. The number of carbonyl (C=O) groups is 1. The van der Waals surface area contributed by atoms with E-state index in [1.165, 1.54) is 0 Å². The smallest absolute Gasteiger partial charge is 0.248 e. The molecule has 2 aliphatic rings. The van der Waals surface area contributed by atoms with E-state index in [-0.39, 0.29) is 5.91 Å². The number of ether oxygens (including phenoxy) is 1. The number of hydrogen-bond donors (Lipinski definition) is 2. The average molecular weight is 320 g/mol. The number of aromatic nitrogens is 2. The van der Waals surface area contributed by atoms with Gasteiger partial charge in [0.05, 0.1) is 6.10 Å². The maximum Gasteiger partial charge on any atom is 0.248 e. The van der Waals surface area contributed by atoms with Gasteiger partial charge in [-0.2, -0.15) is 5.10 Å². The molecule has 1 aliphatic carbocycles. The molecule has 1 saturated carbocycles. The van der Waals surface area contributed by atoms with Crippen LogP contribution >= 0.6 is 0 Å². The number of nitrogens with zero attached hydrogens (tertiary/aromatic N) is 2. The number of nitrogens with one attached hydrogen (secondary N) is 2. The minimum atomic E-state index is -0.529. The first kappa shape index (κ1) is 16.5. The van der Waals surface area contributed by atoms with Crippen LogP contribution in [0.2, 0.25) is 0 Å². The molecule has 6 nitrogen and oxygen atoms in total. The molecule has 0 radical (unpaired) electrons. The van der Waals surface area contributed by atoms with Crippen molar-refractivity contribution in [1.82, 2.24) is 20.4 Å². The fourth-order valence-corrected chi connectivity index (χ4v) is 3.90. The highest BCUT2D eigenvalue weighted by atomic mass is 16.5. The van der Waals surface area contributed by atoms with Crippen molar-refractivity contribution in [2.45, 2.75) is 50.2 Å². The summed E-state index contributed by atoms with van der Waals surface area (Å²) in [7, 11) is 1.79. The third-order valence-corrected chi connectivity index (χ3v) is 5.47. The van der Waals surface area contributed by atoms with Crippen molar-refractivity contribution >= 4 is 5.91 Å². The number of methoxy groups -OCH3 is 1. The van der Waals surface area contributed by atoms with Gasteiger partial charge < -0.3 is 15.4 Å². The van der Waals surface area contributed by atoms with Gasteiger partial charge in [0.15, 0.2) is 0 Å². The van der Waals surface area contributed by atoms with Crippen molar-refractivity contribution in [1.29, 1.82) is 0 Å². The molecule has 1 saturated heterocycles. The molecule has 0 bridgehead atoms. The molecule has 1 amide bonds. The Balaban J connectivity index is 1.59. The third-order valence-electron chi connectivity index (χ3n) is 5.47. The number of amides is 1. The van der Waals surface area contributed by atoms with Crippen molar-refractivity contribution in [3.63, 3.8) is 0 Å². The second kappa shape index (κ2) is 7.45. The van der Waals surface area contributed by atoms with Crippen LogP contribution in [0, 0.1) is 5.92 Å². The summed E-state index contributed by atoms with van der Waals surface area (Å²) in [5.41, 5.74) is -0.529. The summed E-state index contributed by atoms with van der Waals surface area (Å²) in [6.07, 6.45) is 10.1. The highest BCUT2D eigenvalue weighted by Crippen LogP contribution is 2.28. The topological polar surface area (TPSA) is 68.2 Å². The van der Waals surface area contributed by atoms with Crippen LogP contribution in [0.1, 0.15) is 38.5 Å². The van der Waals surface area contributed by atoms with E-state index >= 15 is 0 Å². The lowest BCUT2D eigenvalue weighted by atomic mass is 9.85. The highest BCUT2D eigenvalue weighted by molar-refractivity contribution is 5.84. The molecule has 1 aromatic heterocycles. The van der Waals surface area contributed by atoms with Crippen molar-refractivity contribution in [2.75, 3.05) is 26.7 Å². The zero-order valence-corrected chi connectivity index (χ0v) is 14.0. The second-order valence-electron chi connectivity index (χ2n) is 6.82. The summed E-state index contributed by atoms with van der Waals surface area (Å²) in [6.45, 7) is 2.48. The van der Waals surface area contributed by atoms with E-state index in [2.05, 4.69) is 15.7 Å². The van der Waals surface area contributed by atoms with Crippen LogP contribution in [0.4, 0.5) is 0 Å². The first-order valence-electron chi connectivity index (χ1n) is 8.76. The third kappa shape index (κ3) is 3.58. The largest absolute Gasteiger partial charge is 0.381 e. The Bertz CT molecular complexity index is 489. The lowest BCUT2D eigenvalue weighted by Crippen LogP contribution is -2.55. The molecule has 2 heterocycles. The summed E-state index contributed by atoms with van der Waals surface area (Å²) in [6, 6.07) is 1.89. The molecule has 1 aromatic rings. The lowest BCUT2D eigenvalue weighted by molar-refractivity contribution is -0.132. The molecule has 23 heavy (non-hydrogen) atoms. The first-order valence-corrected chi connectivity index (χ1v) is 8.76. The van der Waals surface area contributed by atoms with Gasteiger partial charge in [-0.15, -0.1) is 0 Å². The maximum absolute atomic E-state index is 13.0. The summed E-state index contributed by atoms with van der Waals surface area (Å²) in [4.78, 5) is 13.0. The Morgan fingerprint density at radius 1 is 1.35 bits per heavy atom. The van der Waals surface area contributed by atoms with E-state index in [1.54, 1.807) is 13.3 Å². The van der Waals surface area contributed by atoms with Gasteiger partial charge in [0.1, 0.15) is 5.54 Å². The lowest BCUT2D eigenvalue weighted by Gasteiger charge is -2.37. The van der Waals surface area contributed by atoms with E-state index in [4.69, 9.17) is 4.74 Å². The SMILES string of the molecule is COC1CCC(CNC(=O)C2(n3cccn3)CCNCC2)CC1. The van der Waals surface area contributed by atoms with Crippen LogP contribution < -0.4 is 10.6 Å². The monoisotopic (exact) mass is 320 g/mol. The van der Waals surface area contributed by atoms with Gasteiger partial charge in [0.2, 0.25) is 5.91 Å². The summed E-state index contributed by atoms with van der Waals surface area (Å²) >= 11 is 0. The number of hydrogen-bond acceptors (Lipinski definition) is 4. The summed E-state index contributed by atoms with van der Waals surface area (Å²) < 4.78 is 7.27. The van der Waals surface area contributed by atoms with Crippen LogP contribution in [-0.2, 0) is 15.1 Å². The zero-order valence-electron chi connectivity index (χ0n) is 14.0. The first-order chi connectivity index (χ1) is 11.2. The van der Waals surface area contributed by atoms with Gasteiger partial charge in [-0.1, -0.05) is 0 Å². The standard InChI is InChI=1S/C17H28N4O2/c1-23-15-5-3-14(4-6-15)13-19-16(22)17(7-10-18-11-8-17)21-12-2-9-20-21/h2,9,12,14-15,18H,3-8,10-11,13H2,1H3,(H,19,22). The number of carbonyl (C=O) groups excluding carboxylic acids is 1. The van der Waals surface area contributed by atoms with Gasteiger partial charge in [0, 0.05) is 26.0 Å². The second-order valence-corrected chi connectivity index (χ2v) is 6.82. The zero-order chi connectivity index (χ0) is 16.1. The number of piperidine rings is 1. The molecule has 1 aliphatic heterocycles. The Morgan fingerprint density at radius 3 is 2.70 bits per heavy atom. The summed E-state index contributed by atoms with van der Waals surface area (Å²) in [5, 5.41) is 10.9. The van der Waals surface area contributed by atoms with E-state index < -0.39 is 5.54 Å². The molecular formula is C17H28N4O2. The molecule has 6 heteroatoms. The minimum Gasteiger partial charge on any atom is -0.381 e. The Morgan fingerprint density at radius 2 is 2.09 bits per heavy atom. The molecule has 2 N–H and O–H groups in total. The summed E-state index contributed by atoms with van der Waals surface area (Å²) in [5.74, 6) is 0.693. The van der Waals surface area contributed by atoms with Crippen LogP contribution in [-0.4, -0.2) is 48.5 Å². The molecule has 0 unspecified atom stereocenters. The Labute approximate surface area is 138 Å². The molecule has 128 valence electrons. The van der Waals surface area contributed by atoms with E-state index in [0.29, 0.717) is 12.0 Å². The van der Waals surface area contributed by atoms with Gasteiger partial charge >= 0.3 is 0 Å². The van der Waals surface area contributed by atoms with Gasteiger partial charge in [-0.25, -0.2) is 0 Å². The van der Waals surface area contributed by atoms with Crippen molar-refractivity contribution in [2.24, 2.45) is 5.92 Å². The maximum atomic E-state index is 13.0. The fourth-order valence-electron chi connectivity index (χ4n) is 3.90. The molecular weight excluding hydrogens is 292 g/mol. The van der Waals surface area contributed by atoms with Gasteiger partial charge in [-0.05, 0) is 63.6 Å². The minimum absolute atomic E-state index is 0.122. The van der Waals surface area contributed by atoms with Crippen LogP contribution in [0.25, 0.3) is 0 Å². The van der Waals surface area contributed by atoms with E-state index in [0.717, 1.165) is 58.2 Å². The predicted molar refractivity (Wildman–Crippen MR) is 88.1 cm³/mol. The Kier molecular flexibility index (Phi) is 5.33. The average Bonchev–Trinajstić information content (AvgIpc) is 3.16. The quantitative estimate of drug-likeness (QED) is 0.858. The van der Waals surface area contributed by atoms with Crippen molar-refractivity contribution in [3.05, 3.63) is 18.5 Å².